The number of nitriles is 1. The van der Waals surface area contributed by atoms with Crippen molar-refractivity contribution in [2.75, 3.05) is 26.7 Å². The van der Waals surface area contributed by atoms with Crippen LogP contribution in [0.1, 0.15) is 9.67 Å². The average molecular weight is 394 g/mol. The van der Waals surface area contributed by atoms with Crippen LogP contribution in [0.25, 0.3) is 0 Å². The molecule has 0 bridgehead atoms. The van der Waals surface area contributed by atoms with Crippen molar-refractivity contribution in [1.82, 2.24) is 9.62 Å². The van der Waals surface area contributed by atoms with Crippen LogP contribution in [-0.2, 0) is 14.8 Å². The Labute approximate surface area is 134 Å². The van der Waals surface area contributed by atoms with Crippen LogP contribution in [0.3, 0.4) is 0 Å². The van der Waals surface area contributed by atoms with E-state index in [0.29, 0.717) is 10.3 Å². The number of thiophene rings is 1. The minimum absolute atomic E-state index is 0.0185. The number of hydrogen-bond acceptors (Lipinski definition) is 7. The summed E-state index contributed by atoms with van der Waals surface area (Å²) in [7, 11) is -2.62. The number of rotatable bonds is 3. The van der Waals surface area contributed by atoms with E-state index in [2.05, 4.69) is 26.0 Å². The minimum Gasteiger partial charge on any atom is -0.465 e. The first-order valence-electron chi connectivity index (χ1n) is 5.91. The number of carbonyl (C=O) groups is 1. The molecule has 0 aromatic carbocycles. The van der Waals surface area contributed by atoms with Crippen LogP contribution in [0.4, 0.5) is 0 Å². The number of ether oxygens (including phenoxy) is 1. The molecule has 0 amide bonds. The molecule has 1 atom stereocenters. The number of sulfonamides is 1. The summed E-state index contributed by atoms with van der Waals surface area (Å²) in [5.41, 5.74) is 0. The Morgan fingerprint density at radius 1 is 1.67 bits per heavy atom. The van der Waals surface area contributed by atoms with Crippen molar-refractivity contribution < 1.29 is 17.9 Å². The largest absolute Gasteiger partial charge is 0.465 e. The van der Waals surface area contributed by atoms with Gasteiger partial charge in [-0.3, -0.25) is 0 Å². The molecule has 1 aromatic heterocycles. The van der Waals surface area contributed by atoms with E-state index in [0.717, 1.165) is 15.6 Å². The van der Waals surface area contributed by atoms with Gasteiger partial charge in [0.1, 0.15) is 15.8 Å². The van der Waals surface area contributed by atoms with Crippen LogP contribution in [0.5, 0.6) is 0 Å². The fourth-order valence-corrected chi connectivity index (χ4v) is 5.91. The van der Waals surface area contributed by atoms with E-state index in [-0.39, 0.29) is 22.9 Å². The van der Waals surface area contributed by atoms with Crippen LogP contribution < -0.4 is 5.32 Å². The molecule has 1 aliphatic rings. The second-order valence-electron chi connectivity index (χ2n) is 4.20. The van der Waals surface area contributed by atoms with Gasteiger partial charge in [0, 0.05) is 19.6 Å². The van der Waals surface area contributed by atoms with Gasteiger partial charge in [-0.1, -0.05) is 0 Å². The number of methoxy groups -OCH3 is 1. The van der Waals surface area contributed by atoms with Crippen molar-refractivity contribution in [2.45, 2.75) is 10.9 Å². The first-order chi connectivity index (χ1) is 9.91. The molecule has 1 aliphatic heterocycles. The van der Waals surface area contributed by atoms with Crippen molar-refractivity contribution in [3.63, 3.8) is 0 Å². The molecule has 1 N–H and O–H groups in total. The zero-order valence-corrected chi connectivity index (χ0v) is 14.2. The molecule has 1 aromatic rings. The third-order valence-electron chi connectivity index (χ3n) is 2.97. The quantitative estimate of drug-likeness (QED) is 0.761. The smallest absolute Gasteiger partial charge is 0.348 e. The summed E-state index contributed by atoms with van der Waals surface area (Å²) in [5.74, 6) is -0.598. The van der Waals surface area contributed by atoms with Gasteiger partial charge in [-0.25, -0.2) is 13.2 Å². The lowest BCUT2D eigenvalue weighted by atomic mass is 10.3. The lowest BCUT2D eigenvalue weighted by molar-refractivity contribution is 0.0606. The number of nitrogens with one attached hydrogen (secondary N) is 1. The molecule has 114 valence electrons. The highest BCUT2D eigenvalue weighted by atomic mass is 79.9. The Hall–Kier alpha value is -0.990. The Balaban J connectivity index is 2.42. The highest BCUT2D eigenvalue weighted by Gasteiger charge is 2.36. The summed E-state index contributed by atoms with van der Waals surface area (Å²) in [6, 6.07) is 2.47. The standard InChI is InChI=1S/C11H12BrN3O4S2/c1-19-11(16)8-4-9(10(12)20-8)21(17,18)15-3-2-14-6-7(15)5-13/h4,7,14H,2-3,6H2,1H3. The number of carbonyl (C=O) groups excluding carboxylic acids is 1. The van der Waals surface area contributed by atoms with Gasteiger partial charge in [0.2, 0.25) is 10.0 Å². The summed E-state index contributed by atoms with van der Waals surface area (Å²) < 4.78 is 31.4. The molecular formula is C11H12BrN3O4S2. The molecule has 21 heavy (non-hydrogen) atoms. The fourth-order valence-electron chi connectivity index (χ4n) is 1.94. The summed E-state index contributed by atoms with van der Waals surface area (Å²) in [6.07, 6.45) is 0. The first kappa shape index (κ1) is 16.4. The summed E-state index contributed by atoms with van der Waals surface area (Å²) in [4.78, 5) is 11.7. The predicted octanol–water partition coefficient (Wildman–Crippen LogP) is 0.783. The summed E-state index contributed by atoms with van der Waals surface area (Å²) in [5, 5.41) is 12.1. The van der Waals surface area contributed by atoms with Gasteiger partial charge < -0.3 is 10.1 Å². The second-order valence-corrected chi connectivity index (χ2v) is 8.43. The van der Waals surface area contributed by atoms with Crippen molar-refractivity contribution >= 4 is 43.3 Å². The van der Waals surface area contributed by atoms with E-state index in [9.17, 15) is 13.2 Å². The normalized spacial score (nSPS) is 20.0. The Bertz CT molecular complexity index is 695. The van der Waals surface area contributed by atoms with E-state index in [1.165, 1.54) is 13.2 Å². The molecule has 0 spiro atoms. The van der Waals surface area contributed by atoms with Gasteiger partial charge in [0.05, 0.1) is 17.0 Å². The molecule has 0 radical (unpaired) electrons. The second kappa shape index (κ2) is 6.41. The molecule has 0 saturated carbocycles. The van der Waals surface area contributed by atoms with Crippen molar-refractivity contribution in [1.29, 1.82) is 5.26 Å². The molecule has 2 heterocycles. The fraction of sp³-hybridized carbons (Fsp3) is 0.455. The van der Waals surface area contributed by atoms with Crippen molar-refractivity contribution in [3.05, 3.63) is 14.7 Å². The SMILES string of the molecule is COC(=O)c1cc(S(=O)(=O)N2CCNCC2C#N)c(Br)s1. The lowest BCUT2D eigenvalue weighted by Gasteiger charge is -2.30. The Kier molecular flexibility index (Phi) is 5.00. The third-order valence-corrected chi connectivity index (χ3v) is 7.11. The average Bonchev–Trinajstić information content (AvgIpc) is 2.89. The van der Waals surface area contributed by atoms with Crippen LogP contribution >= 0.6 is 27.3 Å². The highest BCUT2D eigenvalue weighted by molar-refractivity contribution is 9.11. The van der Waals surface area contributed by atoms with Crippen LogP contribution in [-0.4, -0.2) is 51.5 Å². The molecule has 0 aliphatic carbocycles. The van der Waals surface area contributed by atoms with E-state index < -0.39 is 22.0 Å². The van der Waals surface area contributed by atoms with Gasteiger partial charge in [0.15, 0.2) is 0 Å². The van der Waals surface area contributed by atoms with Gasteiger partial charge in [-0.05, 0) is 22.0 Å². The minimum atomic E-state index is -3.85. The zero-order chi connectivity index (χ0) is 15.6. The highest BCUT2D eigenvalue weighted by Crippen LogP contribution is 2.34. The lowest BCUT2D eigenvalue weighted by Crippen LogP contribution is -2.52. The number of halogens is 1. The molecule has 1 saturated heterocycles. The maximum Gasteiger partial charge on any atom is 0.348 e. The van der Waals surface area contributed by atoms with Gasteiger partial charge in [0.25, 0.3) is 0 Å². The van der Waals surface area contributed by atoms with Gasteiger partial charge in [-0.15, -0.1) is 11.3 Å². The molecule has 1 fully saturated rings. The van der Waals surface area contributed by atoms with Crippen LogP contribution in [0.15, 0.2) is 14.7 Å². The van der Waals surface area contributed by atoms with E-state index in [4.69, 9.17) is 5.26 Å². The number of piperazine rings is 1. The number of nitrogens with zero attached hydrogens (tertiary/aromatic N) is 2. The van der Waals surface area contributed by atoms with Crippen molar-refractivity contribution in [3.8, 4) is 6.07 Å². The molecular weight excluding hydrogens is 382 g/mol. The molecule has 2 rings (SSSR count). The molecule has 7 nitrogen and oxygen atoms in total. The summed E-state index contributed by atoms with van der Waals surface area (Å²) >= 11 is 4.15. The maximum absolute atomic E-state index is 12.7. The third kappa shape index (κ3) is 3.12. The van der Waals surface area contributed by atoms with Crippen molar-refractivity contribution in [2.24, 2.45) is 0 Å². The predicted molar refractivity (Wildman–Crippen MR) is 79.5 cm³/mol. The van der Waals surface area contributed by atoms with E-state index >= 15 is 0 Å². The summed E-state index contributed by atoms with van der Waals surface area (Å²) in [6.45, 7) is 0.959. The zero-order valence-electron chi connectivity index (χ0n) is 11.0. The monoisotopic (exact) mass is 393 g/mol. The maximum atomic E-state index is 12.7. The number of hydrogen-bond donors (Lipinski definition) is 1. The first-order valence-corrected chi connectivity index (χ1v) is 8.96. The Morgan fingerprint density at radius 3 is 3.00 bits per heavy atom. The van der Waals surface area contributed by atoms with E-state index in [1.54, 1.807) is 0 Å². The molecule has 1 unspecified atom stereocenters. The topological polar surface area (TPSA) is 99.5 Å². The Morgan fingerprint density at radius 2 is 2.38 bits per heavy atom. The van der Waals surface area contributed by atoms with E-state index in [1.807, 2.05) is 6.07 Å². The number of esters is 1. The van der Waals surface area contributed by atoms with Crippen LogP contribution in [0.2, 0.25) is 0 Å². The van der Waals surface area contributed by atoms with Crippen LogP contribution in [0, 0.1) is 11.3 Å². The van der Waals surface area contributed by atoms with Gasteiger partial charge in [-0.2, -0.15) is 9.57 Å². The molecule has 10 heteroatoms. The van der Waals surface area contributed by atoms with Gasteiger partial charge >= 0.3 is 5.97 Å².